The van der Waals surface area contributed by atoms with Crippen LogP contribution in [0.25, 0.3) is 0 Å². The summed E-state index contributed by atoms with van der Waals surface area (Å²) < 4.78 is 5.18. The Morgan fingerprint density at radius 3 is 2.04 bits per heavy atom. The molecule has 1 fully saturated rings. The van der Waals surface area contributed by atoms with Gasteiger partial charge in [0.25, 0.3) is 0 Å². The number of ether oxygens (including phenoxy) is 1. The summed E-state index contributed by atoms with van der Waals surface area (Å²) in [5, 5.41) is 0. The van der Waals surface area contributed by atoms with Gasteiger partial charge < -0.3 is 4.74 Å². The summed E-state index contributed by atoms with van der Waals surface area (Å²) in [7, 11) is 0. The van der Waals surface area contributed by atoms with E-state index in [0.29, 0.717) is 19.3 Å². The molecule has 3 rings (SSSR count). The molecule has 1 heterocycles. The Morgan fingerprint density at radius 1 is 0.846 bits per heavy atom. The van der Waals surface area contributed by atoms with Crippen molar-refractivity contribution in [2.24, 2.45) is 5.92 Å². The second-order valence-electron chi connectivity index (χ2n) is 6.59. The average Bonchev–Trinajstić information content (AvgIpc) is 2.95. The number of carbonyl (C=O) groups excluding carboxylic acids is 3. The normalized spacial score (nSPS) is 19.4. The van der Waals surface area contributed by atoms with Crippen LogP contribution in [-0.4, -0.2) is 23.6 Å². The molecule has 26 heavy (non-hydrogen) atoms. The number of esters is 1. The first-order valence-electron chi connectivity index (χ1n) is 9.00. The number of hydrogen-bond donors (Lipinski definition) is 0. The highest BCUT2D eigenvalue weighted by Crippen LogP contribution is 2.24. The van der Waals surface area contributed by atoms with Crippen molar-refractivity contribution in [3.63, 3.8) is 0 Å². The Balaban J connectivity index is 1.50. The van der Waals surface area contributed by atoms with Crippen molar-refractivity contribution in [3.05, 3.63) is 71.8 Å². The fourth-order valence-corrected chi connectivity index (χ4v) is 3.26. The molecule has 1 aliphatic heterocycles. The number of hydrogen-bond acceptors (Lipinski definition) is 4. The van der Waals surface area contributed by atoms with Gasteiger partial charge in [-0.25, -0.2) is 0 Å². The SMILES string of the molecule is O=C(CCCc1ccccc1)C1C(=O)OC(CCc2ccccc2)C1=O. The van der Waals surface area contributed by atoms with Crippen molar-refractivity contribution in [1.82, 2.24) is 0 Å². The van der Waals surface area contributed by atoms with Crippen molar-refractivity contribution in [3.8, 4) is 0 Å². The molecule has 0 aromatic heterocycles. The van der Waals surface area contributed by atoms with Crippen LogP contribution in [0.1, 0.15) is 30.4 Å². The summed E-state index contributed by atoms with van der Waals surface area (Å²) in [6.45, 7) is 0. The van der Waals surface area contributed by atoms with Gasteiger partial charge in [0.15, 0.2) is 23.6 Å². The third-order valence-corrected chi connectivity index (χ3v) is 4.69. The highest BCUT2D eigenvalue weighted by molar-refractivity contribution is 6.21. The maximum atomic E-state index is 12.4. The van der Waals surface area contributed by atoms with Gasteiger partial charge in [0.2, 0.25) is 0 Å². The Kier molecular flexibility index (Phi) is 5.95. The van der Waals surface area contributed by atoms with Gasteiger partial charge in [-0.3, -0.25) is 14.4 Å². The van der Waals surface area contributed by atoms with Crippen molar-refractivity contribution in [1.29, 1.82) is 0 Å². The lowest BCUT2D eigenvalue weighted by molar-refractivity contribution is -0.147. The molecule has 0 saturated carbocycles. The van der Waals surface area contributed by atoms with E-state index in [1.165, 1.54) is 0 Å². The van der Waals surface area contributed by atoms with Gasteiger partial charge in [0.05, 0.1) is 0 Å². The van der Waals surface area contributed by atoms with Crippen LogP contribution in [0.4, 0.5) is 0 Å². The minimum Gasteiger partial charge on any atom is -0.453 e. The maximum absolute atomic E-state index is 12.4. The third kappa shape index (κ3) is 4.45. The standard InChI is InChI=1S/C22H22O4/c23-18(13-7-12-16-8-3-1-4-9-16)20-21(24)19(26-22(20)25)15-14-17-10-5-2-6-11-17/h1-6,8-11,19-20H,7,12-15H2. The lowest BCUT2D eigenvalue weighted by Gasteiger charge is -2.07. The Bertz CT molecular complexity index is 767. The predicted molar refractivity (Wildman–Crippen MR) is 97.5 cm³/mol. The fourth-order valence-electron chi connectivity index (χ4n) is 3.26. The molecule has 0 radical (unpaired) electrons. The predicted octanol–water partition coefficient (Wildman–Crippen LogP) is 3.32. The number of aryl methyl sites for hydroxylation is 2. The molecule has 1 saturated heterocycles. The zero-order valence-corrected chi connectivity index (χ0v) is 14.6. The lowest BCUT2D eigenvalue weighted by Crippen LogP contribution is -2.28. The van der Waals surface area contributed by atoms with Crippen LogP contribution in [0.15, 0.2) is 60.7 Å². The molecule has 4 heteroatoms. The lowest BCUT2D eigenvalue weighted by atomic mass is 9.92. The zero-order valence-electron chi connectivity index (χ0n) is 14.6. The Labute approximate surface area is 153 Å². The number of Topliss-reactive ketones (excluding diaryl/α,β-unsaturated/α-hetero) is 2. The van der Waals surface area contributed by atoms with E-state index in [1.807, 2.05) is 60.7 Å². The summed E-state index contributed by atoms with van der Waals surface area (Å²) in [6, 6.07) is 19.6. The van der Waals surface area contributed by atoms with Gasteiger partial charge in [0, 0.05) is 6.42 Å². The first-order chi connectivity index (χ1) is 12.6. The molecule has 2 aromatic carbocycles. The molecule has 1 aliphatic rings. The van der Waals surface area contributed by atoms with Crippen molar-refractivity contribution < 1.29 is 19.1 Å². The summed E-state index contributed by atoms with van der Waals surface area (Å²) >= 11 is 0. The van der Waals surface area contributed by atoms with Gasteiger partial charge in [-0.15, -0.1) is 0 Å². The largest absolute Gasteiger partial charge is 0.453 e. The van der Waals surface area contributed by atoms with Crippen LogP contribution in [0, 0.1) is 5.92 Å². The Morgan fingerprint density at radius 2 is 1.42 bits per heavy atom. The van der Waals surface area contributed by atoms with E-state index in [0.717, 1.165) is 17.5 Å². The molecule has 4 nitrogen and oxygen atoms in total. The molecule has 2 unspecified atom stereocenters. The van der Waals surface area contributed by atoms with Crippen LogP contribution in [0.3, 0.4) is 0 Å². The minimum absolute atomic E-state index is 0.214. The van der Waals surface area contributed by atoms with E-state index in [4.69, 9.17) is 4.74 Å². The van der Waals surface area contributed by atoms with E-state index in [2.05, 4.69) is 0 Å². The summed E-state index contributed by atoms with van der Waals surface area (Å²) in [5.41, 5.74) is 2.22. The van der Waals surface area contributed by atoms with E-state index >= 15 is 0 Å². The first kappa shape index (κ1) is 18.1. The second kappa shape index (κ2) is 8.56. The number of cyclic esters (lactones) is 1. The zero-order chi connectivity index (χ0) is 18.4. The highest BCUT2D eigenvalue weighted by atomic mass is 16.6. The molecule has 134 valence electrons. The molecule has 2 atom stereocenters. The van der Waals surface area contributed by atoms with Gasteiger partial charge in [-0.1, -0.05) is 60.7 Å². The minimum atomic E-state index is -1.23. The maximum Gasteiger partial charge on any atom is 0.325 e. The van der Waals surface area contributed by atoms with Crippen LogP contribution in [-0.2, 0) is 32.0 Å². The number of rotatable bonds is 8. The van der Waals surface area contributed by atoms with Gasteiger partial charge in [0.1, 0.15) is 0 Å². The number of carbonyl (C=O) groups is 3. The summed E-state index contributed by atoms with van der Waals surface area (Å²) in [6.07, 6.45) is 1.84. The van der Waals surface area contributed by atoms with Crippen molar-refractivity contribution in [2.75, 3.05) is 0 Å². The van der Waals surface area contributed by atoms with E-state index in [-0.39, 0.29) is 18.0 Å². The second-order valence-corrected chi connectivity index (χ2v) is 6.59. The molecule has 0 amide bonds. The molecule has 0 spiro atoms. The Hall–Kier alpha value is -2.75. The third-order valence-electron chi connectivity index (χ3n) is 4.69. The molecular weight excluding hydrogens is 328 g/mol. The first-order valence-corrected chi connectivity index (χ1v) is 9.00. The fraction of sp³-hybridized carbons (Fsp3) is 0.318. The average molecular weight is 350 g/mol. The van der Waals surface area contributed by atoms with E-state index in [9.17, 15) is 14.4 Å². The van der Waals surface area contributed by atoms with Crippen LogP contribution in [0.2, 0.25) is 0 Å². The molecule has 0 aliphatic carbocycles. The molecular formula is C22H22O4. The molecule has 2 aromatic rings. The van der Waals surface area contributed by atoms with Crippen molar-refractivity contribution >= 4 is 17.5 Å². The van der Waals surface area contributed by atoms with Crippen LogP contribution >= 0.6 is 0 Å². The van der Waals surface area contributed by atoms with E-state index < -0.39 is 18.0 Å². The van der Waals surface area contributed by atoms with Crippen LogP contribution in [0.5, 0.6) is 0 Å². The van der Waals surface area contributed by atoms with Gasteiger partial charge in [-0.05, 0) is 36.8 Å². The summed E-state index contributed by atoms with van der Waals surface area (Å²) in [5.74, 6) is -2.61. The van der Waals surface area contributed by atoms with Gasteiger partial charge >= 0.3 is 5.97 Å². The van der Waals surface area contributed by atoms with E-state index in [1.54, 1.807) is 0 Å². The quantitative estimate of drug-likeness (QED) is 0.541. The summed E-state index contributed by atoms with van der Waals surface area (Å²) in [4.78, 5) is 36.8. The van der Waals surface area contributed by atoms with Crippen molar-refractivity contribution in [2.45, 2.75) is 38.2 Å². The number of benzene rings is 2. The molecule has 0 N–H and O–H groups in total. The smallest absolute Gasteiger partial charge is 0.325 e. The van der Waals surface area contributed by atoms with Crippen LogP contribution < -0.4 is 0 Å². The number of ketones is 2. The monoisotopic (exact) mass is 350 g/mol. The molecule has 0 bridgehead atoms. The highest BCUT2D eigenvalue weighted by Gasteiger charge is 2.46. The van der Waals surface area contributed by atoms with Gasteiger partial charge in [-0.2, -0.15) is 0 Å². The topological polar surface area (TPSA) is 60.4 Å².